The molecule has 0 amide bonds. The van der Waals surface area contributed by atoms with Crippen LogP contribution in [0, 0.1) is 0 Å². The van der Waals surface area contributed by atoms with E-state index < -0.39 is 10.4 Å². The molecule has 1 aromatic heterocycles. The highest BCUT2D eigenvalue weighted by molar-refractivity contribution is 7.79. The topological polar surface area (TPSA) is 133 Å². The fraction of sp³-hybridized carbons (Fsp3) is 0. The fourth-order valence-corrected chi connectivity index (χ4v) is 0.436. The van der Waals surface area contributed by atoms with E-state index in [9.17, 15) is 4.79 Å². The SMILES string of the molecule is O=S(=O)([O-])[O-].O=c1cccc(O)[nH]1. The van der Waals surface area contributed by atoms with Gasteiger partial charge in [0.15, 0.2) is 5.88 Å². The number of pyridine rings is 1. The van der Waals surface area contributed by atoms with Crippen LogP contribution in [0.4, 0.5) is 0 Å². The van der Waals surface area contributed by atoms with E-state index in [4.69, 9.17) is 22.6 Å². The van der Waals surface area contributed by atoms with Gasteiger partial charge in [0.1, 0.15) is 0 Å². The van der Waals surface area contributed by atoms with Crippen LogP contribution < -0.4 is 5.56 Å². The van der Waals surface area contributed by atoms with Crippen LogP contribution in [0.3, 0.4) is 0 Å². The van der Waals surface area contributed by atoms with Crippen molar-refractivity contribution < 1.29 is 22.6 Å². The van der Waals surface area contributed by atoms with Crippen LogP contribution in [0.1, 0.15) is 0 Å². The van der Waals surface area contributed by atoms with Gasteiger partial charge in [-0.1, -0.05) is 6.07 Å². The summed E-state index contributed by atoms with van der Waals surface area (Å²) >= 11 is 0. The van der Waals surface area contributed by atoms with Crippen molar-refractivity contribution in [2.45, 2.75) is 0 Å². The summed E-state index contributed by atoms with van der Waals surface area (Å²) in [5, 5.41) is 8.56. The normalized spacial score (nSPS) is 10.0. The number of aromatic nitrogens is 1. The van der Waals surface area contributed by atoms with E-state index in [2.05, 4.69) is 4.98 Å². The molecule has 0 spiro atoms. The summed E-state index contributed by atoms with van der Waals surface area (Å²) in [5.74, 6) is -0.0995. The van der Waals surface area contributed by atoms with Crippen LogP contribution in [0.25, 0.3) is 0 Å². The molecule has 0 unspecified atom stereocenters. The monoisotopic (exact) mass is 207 g/mol. The molecular weight excluding hydrogens is 202 g/mol. The standard InChI is InChI=1S/C5H5NO2.H2O4S/c7-4-2-1-3-5(8)6-4;1-5(2,3)4/h1-3H,(H2,6,7,8);(H2,1,2,3,4)/p-2. The summed E-state index contributed by atoms with van der Waals surface area (Å²) in [7, 11) is -5.17. The molecular formula is C5H5NO6S-2. The van der Waals surface area contributed by atoms with Gasteiger partial charge in [0.25, 0.3) is 5.56 Å². The van der Waals surface area contributed by atoms with Gasteiger partial charge in [-0.3, -0.25) is 18.2 Å². The van der Waals surface area contributed by atoms with Crippen molar-refractivity contribution in [3.05, 3.63) is 28.6 Å². The summed E-state index contributed by atoms with van der Waals surface area (Å²) in [6.45, 7) is 0. The van der Waals surface area contributed by atoms with Crippen molar-refractivity contribution in [3.8, 4) is 5.88 Å². The molecule has 0 bridgehead atoms. The Hall–Kier alpha value is -1.38. The second-order valence-corrected chi connectivity index (χ2v) is 2.63. The van der Waals surface area contributed by atoms with Crippen molar-refractivity contribution in [2.75, 3.05) is 0 Å². The first-order valence-corrected chi connectivity index (χ1v) is 4.17. The van der Waals surface area contributed by atoms with Gasteiger partial charge in [-0.2, -0.15) is 0 Å². The third-order valence-electron chi connectivity index (χ3n) is 0.753. The van der Waals surface area contributed by atoms with Crippen LogP contribution in [0.15, 0.2) is 23.0 Å². The molecule has 1 heterocycles. The smallest absolute Gasteiger partial charge is 0.250 e. The fourth-order valence-electron chi connectivity index (χ4n) is 0.436. The molecule has 0 atom stereocenters. The number of nitrogens with one attached hydrogen (secondary N) is 1. The molecule has 0 fully saturated rings. The number of rotatable bonds is 0. The average Bonchev–Trinajstić information content (AvgIpc) is 1.81. The zero-order valence-corrected chi connectivity index (χ0v) is 6.95. The maximum Gasteiger partial charge on any atom is 0.250 e. The first kappa shape index (κ1) is 11.6. The molecule has 0 saturated carbocycles. The second kappa shape index (κ2) is 4.60. The molecule has 1 rings (SSSR count). The molecule has 0 aliphatic carbocycles. The van der Waals surface area contributed by atoms with E-state index in [0.717, 1.165) is 0 Å². The van der Waals surface area contributed by atoms with Crippen molar-refractivity contribution in [1.82, 2.24) is 4.98 Å². The van der Waals surface area contributed by atoms with E-state index in [-0.39, 0.29) is 11.4 Å². The quantitative estimate of drug-likeness (QED) is 0.403. The Morgan fingerprint density at radius 3 is 2.00 bits per heavy atom. The lowest BCUT2D eigenvalue weighted by molar-refractivity contribution is 0.352. The molecule has 2 N–H and O–H groups in total. The van der Waals surface area contributed by atoms with Crippen molar-refractivity contribution in [2.24, 2.45) is 0 Å². The number of aromatic hydroxyl groups is 1. The van der Waals surface area contributed by atoms with Crippen LogP contribution in [0.2, 0.25) is 0 Å². The van der Waals surface area contributed by atoms with E-state index in [0.29, 0.717) is 0 Å². The Balaban J connectivity index is 0.000000252. The zero-order chi connectivity index (χ0) is 10.5. The molecule has 13 heavy (non-hydrogen) atoms. The summed E-state index contributed by atoms with van der Waals surface area (Å²) in [4.78, 5) is 12.4. The first-order chi connectivity index (χ1) is 5.79. The molecule has 0 radical (unpaired) electrons. The number of H-pyrrole nitrogens is 1. The molecule has 0 aliphatic rings. The Morgan fingerprint density at radius 2 is 1.77 bits per heavy atom. The molecule has 0 saturated heterocycles. The number of hydrogen-bond acceptors (Lipinski definition) is 6. The van der Waals surface area contributed by atoms with Gasteiger partial charge < -0.3 is 14.2 Å². The van der Waals surface area contributed by atoms with E-state index in [1.807, 2.05) is 0 Å². The highest BCUT2D eigenvalue weighted by Gasteiger charge is 1.81. The van der Waals surface area contributed by atoms with E-state index >= 15 is 0 Å². The Labute approximate surface area is 73.2 Å². The first-order valence-electron chi connectivity index (χ1n) is 2.84. The maximum absolute atomic E-state index is 10.3. The van der Waals surface area contributed by atoms with Crippen molar-refractivity contribution >= 4 is 10.4 Å². The predicted molar refractivity (Wildman–Crippen MR) is 39.2 cm³/mol. The highest BCUT2D eigenvalue weighted by atomic mass is 32.3. The Bertz CT molecular complexity index is 399. The lowest BCUT2D eigenvalue weighted by Gasteiger charge is -2.06. The summed E-state index contributed by atoms with van der Waals surface area (Å²) in [5.41, 5.74) is -0.287. The zero-order valence-electron chi connectivity index (χ0n) is 6.13. The second-order valence-electron chi connectivity index (χ2n) is 1.81. The average molecular weight is 207 g/mol. The molecule has 0 aromatic carbocycles. The minimum absolute atomic E-state index is 0.0995. The third-order valence-corrected chi connectivity index (χ3v) is 0.753. The van der Waals surface area contributed by atoms with Crippen LogP contribution in [0.5, 0.6) is 5.88 Å². The van der Waals surface area contributed by atoms with E-state index in [1.165, 1.54) is 18.2 Å². The van der Waals surface area contributed by atoms with Crippen molar-refractivity contribution in [3.63, 3.8) is 0 Å². The summed E-state index contributed by atoms with van der Waals surface area (Å²) < 4.78 is 34.1. The number of aromatic amines is 1. The van der Waals surface area contributed by atoms with Gasteiger partial charge in [0, 0.05) is 16.5 Å². The largest absolute Gasteiger partial charge is 0.759 e. The van der Waals surface area contributed by atoms with Crippen LogP contribution in [-0.4, -0.2) is 27.6 Å². The summed E-state index contributed by atoms with van der Waals surface area (Å²) in [6.07, 6.45) is 0. The lowest BCUT2D eigenvalue weighted by Crippen LogP contribution is -2.00. The van der Waals surface area contributed by atoms with Gasteiger partial charge in [-0.05, 0) is 6.07 Å². The predicted octanol–water partition coefficient (Wildman–Crippen LogP) is -1.26. The minimum atomic E-state index is -5.17. The Morgan fingerprint density at radius 1 is 1.31 bits per heavy atom. The van der Waals surface area contributed by atoms with Gasteiger partial charge in [-0.25, -0.2) is 0 Å². The maximum atomic E-state index is 10.3. The molecule has 74 valence electrons. The highest BCUT2D eigenvalue weighted by Crippen LogP contribution is 1.93. The number of hydrogen-bond donors (Lipinski definition) is 2. The van der Waals surface area contributed by atoms with Gasteiger partial charge >= 0.3 is 0 Å². The third kappa shape index (κ3) is 10.6. The molecule has 0 aliphatic heterocycles. The van der Waals surface area contributed by atoms with Gasteiger partial charge in [0.05, 0.1) is 0 Å². The molecule has 1 aromatic rings. The van der Waals surface area contributed by atoms with Crippen molar-refractivity contribution in [1.29, 1.82) is 0 Å². The Kier molecular flexibility index (Phi) is 4.11. The van der Waals surface area contributed by atoms with Gasteiger partial charge in [0.2, 0.25) is 0 Å². The molecule has 8 heteroatoms. The van der Waals surface area contributed by atoms with Gasteiger partial charge in [-0.15, -0.1) is 0 Å². The van der Waals surface area contributed by atoms with Crippen LogP contribution in [-0.2, 0) is 10.4 Å². The molecule has 7 nitrogen and oxygen atoms in total. The minimum Gasteiger partial charge on any atom is -0.759 e. The van der Waals surface area contributed by atoms with E-state index in [1.54, 1.807) is 0 Å². The summed E-state index contributed by atoms with van der Waals surface area (Å²) in [6, 6.07) is 4.22. The van der Waals surface area contributed by atoms with Crippen LogP contribution >= 0.6 is 0 Å². The lowest BCUT2D eigenvalue weighted by atomic mass is 10.5.